The number of non-ortho nitro benzene ring substituents is 1. The number of hydrogen-bond donors (Lipinski definition) is 2. The molecule has 0 aliphatic carbocycles. The number of nitrogens with one attached hydrogen (secondary N) is 2. The first kappa shape index (κ1) is 18.8. The third kappa shape index (κ3) is 4.14. The van der Waals surface area contributed by atoms with E-state index in [1.165, 1.54) is 30.0 Å². The molecule has 146 valence electrons. The lowest BCUT2D eigenvalue weighted by molar-refractivity contribution is -0.384. The van der Waals surface area contributed by atoms with Crippen molar-refractivity contribution in [1.29, 1.82) is 0 Å². The molecule has 29 heavy (non-hydrogen) atoms. The Balaban J connectivity index is 1.50. The first-order valence-electron chi connectivity index (χ1n) is 8.54. The monoisotopic (exact) mass is 411 g/mol. The molecule has 9 heteroatoms. The lowest BCUT2D eigenvalue weighted by Crippen LogP contribution is -2.31. The summed E-state index contributed by atoms with van der Waals surface area (Å²) in [6.45, 7) is 0. The number of carbonyl (C=O) groups excluding carboxylic acids is 1. The number of thioether (sulfide) groups is 1. The molecule has 2 heterocycles. The second-order valence-electron chi connectivity index (χ2n) is 6.11. The van der Waals surface area contributed by atoms with Crippen LogP contribution >= 0.6 is 11.8 Å². The van der Waals surface area contributed by atoms with Crippen LogP contribution in [0.4, 0.5) is 15.8 Å². The molecule has 0 bridgehead atoms. The number of hydrogen-bond acceptors (Lipinski definition) is 6. The van der Waals surface area contributed by atoms with Gasteiger partial charge in [0.1, 0.15) is 17.3 Å². The number of anilines is 1. The van der Waals surface area contributed by atoms with Crippen LogP contribution in [-0.2, 0) is 4.79 Å². The van der Waals surface area contributed by atoms with Gasteiger partial charge in [-0.2, -0.15) is 0 Å². The maximum Gasteiger partial charge on any atom is 0.270 e. The molecule has 7 nitrogen and oxygen atoms in total. The van der Waals surface area contributed by atoms with E-state index in [2.05, 4.69) is 10.6 Å². The van der Waals surface area contributed by atoms with E-state index in [1.54, 1.807) is 48.5 Å². The zero-order valence-corrected chi connectivity index (χ0v) is 15.6. The molecule has 2 aromatic carbocycles. The molecule has 1 unspecified atom stereocenters. The summed E-state index contributed by atoms with van der Waals surface area (Å²) >= 11 is 1.20. The molecule has 2 N–H and O–H groups in total. The molecule has 0 spiro atoms. The summed E-state index contributed by atoms with van der Waals surface area (Å²) in [6, 6.07) is 15.6. The van der Waals surface area contributed by atoms with E-state index in [-0.39, 0.29) is 17.3 Å². The minimum Gasteiger partial charge on any atom is -0.457 e. The molecule has 1 amide bonds. The highest BCUT2D eigenvalue weighted by Crippen LogP contribution is 2.32. The number of benzene rings is 2. The van der Waals surface area contributed by atoms with Crippen molar-refractivity contribution in [2.45, 2.75) is 5.50 Å². The smallest absolute Gasteiger partial charge is 0.270 e. The molecule has 4 rings (SSSR count). The van der Waals surface area contributed by atoms with Crippen molar-refractivity contribution in [3.05, 3.63) is 87.3 Å². The first-order valence-corrected chi connectivity index (χ1v) is 9.42. The van der Waals surface area contributed by atoms with E-state index in [9.17, 15) is 19.3 Å². The topological polar surface area (TPSA) is 97.4 Å². The zero-order chi connectivity index (χ0) is 20.4. The van der Waals surface area contributed by atoms with Gasteiger partial charge in [0.15, 0.2) is 5.50 Å². The van der Waals surface area contributed by atoms with Gasteiger partial charge in [-0.25, -0.2) is 4.39 Å². The number of nitro benzene ring substituents is 1. The van der Waals surface area contributed by atoms with Crippen LogP contribution in [0, 0.1) is 15.9 Å². The van der Waals surface area contributed by atoms with E-state index in [0.29, 0.717) is 22.0 Å². The second kappa shape index (κ2) is 7.80. The average molecular weight is 411 g/mol. The average Bonchev–Trinajstić information content (AvgIpc) is 3.31. The van der Waals surface area contributed by atoms with E-state index in [4.69, 9.17) is 4.42 Å². The van der Waals surface area contributed by atoms with Gasteiger partial charge in [-0.05, 0) is 24.3 Å². The fourth-order valence-corrected chi connectivity index (χ4v) is 3.73. The third-order valence-corrected chi connectivity index (χ3v) is 5.16. The van der Waals surface area contributed by atoms with Crippen LogP contribution in [0.2, 0.25) is 0 Å². The van der Waals surface area contributed by atoms with E-state index in [0.717, 1.165) is 0 Å². The van der Waals surface area contributed by atoms with Gasteiger partial charge in [0.05, 0.1) is 15.5 Å². The Morgan fingerprint density at radius 1 is 1.17 bits per heavy atom. The summed E-state index contributed by atoms with van der Waals surface area (Å²) in [4.78, 5) is 23.1. The highest BCUT2D eigenvalue weighted by molar-refractivity contribution is 8.05. The second-order valence-corrected chi connectivity index (χ2v) is 7.26. The minimum absolute atomic E-state index is 0.0356. The van der Waals surface area contributed by atoms with Gasteiger partial charge in [0.2, 0.25) is 0 Å². The summed E-state index contributed by atoms with van der Waals surface area (Å²) in [5, 5.41) is 16.6. The fraction of sp³-hybridized carbons (Fsp3) is 0.0500. The van der Waals surface area contributed by atoms with Crippen LogP contribution in [0.25, 0.3) is 17.4 Å². The van der Waals surface area contributed by atoms with Gasteiger partial charge >= 0.3 is 0 Å². The molecule has 0 radical (unpaired) electrons. The summed E-state index contributed by atoms with van der Waals surface area (Å²) in [7, 11) is 0. The fourth-order valence-electron chi connectivity index (χ4n) is 2.77. The normalized spacial score (nSPS) is 17.3. The van der Waals surface area contributed by atoms with E-state index >= 15 is 0 Å². The highest BCUT2D eigenvalue weighted by atomic mass is 32.2. The predicted molar refractivity (Wildman–Crippen MR) is 108 cm³/mol. The molecule has 1 fully saturated rings. The molecule has 1 aliphatic heterocycles. The first-order chi connectivity index (χ1) is 14.0. The van der Waals surface area contributed by atoms with Crippen molar-refractivity contribution < 1.29 is 18.5 Å². The maximum absolute atomic E-state index is 13.8. The third-order valence-electron chi connectivity index (χ3n) is 4.13. The van der Waals surface area contributed by atoms with Gasteiger partial charge in [0.25, 0.3) is 11.6 Å². The van der Waals surface area contributed by atoms with Crippen LogP contribution < -0.4 is 10.6 Å². The van der Waals surface area contributed by atoms with Gasteiger partial charge in [0, 0.05) is 23.8 Å². The van der Waals surface area contributed by atoms with Gasteiger partial charge in [-0.15, -0.1) is 0 Å². The number of furan rings is 1. The van der Waals surface area contributed by atoms with Gasteiger partial charge in [-0.1, -0.05) is 36.0 Å². The standard InChI is InChI=1S/C20H14FN3O4S/c21-15-6-1-2-7-16(15)22-20-23-19(25)18(29-20)11-14-8-9-17(28-14)12-4-3-5-13(10-12)24(26)27/h1-11,20,22H,(H,23,25)/b18-11-. The quantitative estimate of drug-likeness (QED) is 0.362. The number of para-hydroxylation sites is 1. The molecule has 1 saturated heterocycles. The highest BCUT2D eigenvalue weighted by Gasteiger charge is 2.28. The van der Waals surface area contributed by atoms with Crippen molar-refractivity contribution in [3.63, 3.8) is 0 Å². The summed E-state index contributed by atoms with van der Waals surface area (Å²) in [5.74, 6) is 0.158. The molecule has 1 aromatic heterocycles. The lowest BCUT2D eigenvalue weighted by atomic mass is 10.1. The van der Waals surface area contributed by atoms with Crippen molar-refractivity contribution in [2.75, 3.05) is 5.32 Å². The van der Waals surface area contributed by atoms with E-state index < -0.39 is 16.2 Å². The Kier molecular flexibility index (Phi) is 5.05. The summed E-state index contributed by atoms with van der Waals surface area (Å²) < 4.78 is 19.5. The number of rotatable bonds is 5. The van der Waals surface area contributed by atoms with Crippen molar-refractivity contribution in [1.82, 2.24) is 5.32 Å². The summed E-state index contributed by atoms with van der Waals surface area (Å²) in [6.07, 6.45) is 1.57. The van der Waals surface area contributed by atoms with Gasteiger partial charge in [-0.3, -0.25) is 14.9 Å². The molecule has 1 aliphatic rings. The Hall–Kier alpha value is -3.59. The lowest BCUT2D eigenvalue weighted by Gasteiger charge is -2.12. The van der Waals surface area contributed by atoms with Crippen molar-refractivity contribution in [3.8, 4) is 11.3 Å². The van der Waals surface area contributed by atoms with Crippen LogP contribution in [0.1, 0.15) is 5.76 Å². The molecule has 3 aromatic rings. The van der Waals surface area contributed by atoms with Crippen LogP contribution in [0.15, 0.2) is 70.0 Å². The Morgan fingerprint density at radius 3 is 2.79 bits per heavy atom. The Labute approximate surface area is 168 Å². The van der Waals surface area contributed by atoms with E-state index in [1.807, 2.05) is 0 Å². The van der Waals surface area contributed by atoms with Crippen LogP contribution in [0.5, 0.6) is 0 Å². The maximum atomic E-state index is 13.8. The predicted octanol–water partition coefficient (Wildman–Crippen LogP) is 4.59. The van der Waals surface area contributed by atoms with Gasteiger partial charge < -0.3 is 15.1 Å². The number of halogens is 1. The number of carbonyl (C=O) groups is 1. The molecule has 0 saturated carbocycles. The number of amides is 1. The minimum atomic E-state index is -0.517. The zero-order valence-electron chi connectivity index (χ0n) is 14.8. The van der Waals surface area contributed by atoms with Crippen molar-refractivity contribution >= 4 is 35.1 Å². The molecular formula is C20H14FN3O4S. The van der Waals surface area contributed by atoms with Crippen molar-refractivity contribution in [2.24, 2.45) is 0 Å². The largest absolute Gasteiger partial charge is 0.457 e. The van der Waals surface area contributed by atoms with Crippen LogP contribution in [0.3, 0.4) is 0 Å². The number of nitro groups is 1. The molecular weight excluding hydrogens is 397 g/mol. The molecule has 1 atom stereocenters. The number of nitrogens with zero attached hydrogens (tertiary/aromatic N) is 1. The van der Waals surface area contributed by atoms with Crippen LogP contribution in [-0.4, -0.2) is 16.3 Å². The SMILES string of the molecule is O=C1NC(Nc2ccccc2F)S/C1=C\c1ccc(-c2cccc([N+](=O)[O-])c2)o1. The Morgan fingerprint density at radius 2 is 2.00 bits per heavy atom. The summed E-state index contributed by atoms with van der Waals surface area (Å²) in [5.41, 5.74) is 0.299. The Bertz CT molecular complexity index is 1130.